The molecule has 0 radical (unpaired) electrons. The van der Waals surface area contributed by atoms with Crippen LogP contribution in [0, 0.1) is 0 Å². The van der Waals surface area contributed by atoms with Crippen LogP contribution in [-0.4, -0.2) is 46.6 Å². The van der Waals surface area contributed by atoms with Crippen molar-refractivity contribution in [2.24, 2.45) is 0 Å². The van der Waals surface area contributed by atoms with Gasteiger partial charge in [-0.05, 0) is 25.0 Å². The molecular weight excluding hydrogens is 361 g/mol. The Hall–Kier alpha value is -1.83. The minimum absolute atomic E-state index is 0.113. The average Bonchev–Trinajstić information content (AvgIpc) is 2.88. The second-order valence-electron chi connectivity index (χ2n) is 5.82. The highest BCUT2D eigenvalue weighted by atomic mass is 35.5. The summed E-state index contributed by atoms with van der Waals surface area (Å²) >= 11 is 5.73. The number of carbonyl (C=O) groups excluding carboxylic acids is 2. The van der Waals surface area contributed by atoms with Crippen molar-refractivity contribution in [2.45, 2.75) is 50.9 Å². The molecule has 0 saturated carbocycles. The summed E-state index contributed by atoms with van der Waals surface area (Å²) in [5.41, 5.74) is 0.497. The predicted octanol–water partition coefficient (Wildman–Crippen LogP) is 3.32. The molecule has 0 bridgehead atoms. The Balaban J connectivity index is 2.41. The third-order valence-corrected chi connectivity index (χ3v) is 4.46. The van der Waals surface area contributed by atoms with Crippen LogP contribution < -0.4 is 0 Å². The first-order valence-electron chi connectivity index (χ1n) is 7.77. The second-order valence-corrected chi connectivity index (χ2v) is 6.20. The lowest BCUT2D eigenvalue weighted by atomic mass is 9.90. The number of amides is 1. The van der Waals surface area contributed by atoms with E-state index in [1.165, 1.54) is 12.3 Å². The van der Waals surface area contributed by atoms with Gasteiger partial charge in [-0.2, -0.15) is 13.2 Å². The summed E-state index contributed by atoms with van der Waals surface area (Å²) in [6.07, 6.45) is -3.86. The van der Waals surface area contributed by atoms with Crippen LogP contribution in [0.2, 0.25) is 5.15 Å². The second kappa shape index (κ2) is 7.59. The van der Waals surface area contributed by atoms with Crippen LogP contribution in [0.3, 0.4) is 0 Å². The summed E-state index contributed by atoms with van der Waals surface area (Å²) < 4.78 is 45.2. The van der Waals surface area contributed by atoms with Crippen LogP contribution >= 0.6 is 11.6 Å². The van der Waals surface area contributed by atoms with Crippen molar-refractivity contribution >= 4 is 23.5 Å². The number of aromatic nitrogens is 1. The van der Waals surface area contributed by atoms with E-state index in [0.29, 0.717) is 5.56 Å². The largest absolute Gasteiger partial charge is 0.466 e. The molecule has 1 saturated heterocycles. The maximum atomic E-state index is 13.4. The standard InChI is InChI=1S/C16H18ClF3N2O3/c1-3-25-15(24)7-12-11(10-4-5-14(17)21-8-10)6-13(16(18,19)20)22(12)9(2)23/h4-5,8,11-13H,3,6-7H2,1-2H3/t11-,12-,13?/m1/s1. The Morgan fingerprint density at radius 2 is 2.08 bits per heavy atom. The van der Waals surface area contributed by atoms with Gasteiger partial charge in [-0.1, -0.05) is 17.7 Å². The van der Waals surface area contributed by atoms with Crippen molar-refractivity contribution in [1.29, 1.82) is 0 Å². The van der Waals surface area contributed by atoms with Crippen LogP contribution in [-0.2, 0) is 14.3 Å². The van der Waals surface area contributed by atoms with Gasteiger partial charge in [0.2, 0.25) is 5.91 Å². The number of alkyl halides is 3. The third-order valence-electron chi connectivity index (χ3n) is 4.24. The lowest BCUT2D eigenvalue weighted by Gasteiger charge is -2.31. The van der Waals surface area contributed by atoms with Crippen LogP contribution in [0.15, 0.2) is 18.3 Å². The van der Waals surface area contributed by atoms with Crippen LogP contribution in [0.5, 0.6) is 0 Å². The van der Waals surface area contributed by atoms with E-state index < -0.39 is 36.1 Å². The monoisotopic (exact) mass is 378 g/mol. The third kappa shape index (κ3) is 4.42. The van der Waals surface area contributed by atoms with Crippen LogP contribution in [0.4, 0.5) is 13.2 Å². The molecule has 5 nitrogen and oxygen atoms in total. The van der Waals surface area contributed by atoms with Gasteiger partial charge < -0.3 is 9.64 Å². The van der Waals surface area contributed by atoms with E-state index in [9.17, 15) is 22.8 Å². The molecule has 1 aromatic rings. The summed E-state index contributed by atoms with van der Waals surface area (Å²) in [6, 6.07) is 0.128. The number of esters is 1. The lowest BCUT2D eigenvalue weighted by molar-refractivity contribution is -0.185. The Bertz CT molecular complexity index is 637. The number of halogens is 4. The summed E-state index contributed by atoms with van der Waals surface area (Å²) in [6.45, 7) is 2.79. The Kier molecular flexibility index (Phi) is 5.92. The molecule has 0 aromatic carbocycles. The zero-order chi connectivity index (χ0) is 18.8. The van der Waals surface area contributed by atoms with Gasteiger partial charge >= 0.3 is 12.1 Å². The van der Waals surface area contributed by atoms with Crippen LogP contribution in [0.1, 0.15) is 38.2 Å². The van der Waals surface area contributed by atoms with Gasteiger partial charge in [-0.3, -0.25) is 9.59 Å². The molecule has 0 spiro atoms. The number of hydrogen-bond donors (Lipinski definition) is 0. The molecule has 1 aliphatic heterocycles. The molecule has 138 valence electrons. The van der Waals surface area contributed by atoms with Crippen molar-refractivity contribution in [2.75, 3.05) is 6.61 Å². The Labute approximate surface area is 148 Å². The van der Waals surface area contributed by atoms with Crippen molar-refractivity contribution in [3.05, 3.63) is 29.0 Å². The number of ether oxygens (including phenoxy) is 1. The van der Waals surface area contributed by atoms with Gasteiger partial charge in [-0.15, -0.1) is 0 Å². The van der Waals surface area contributed by atoms with Crippen LogP contribution in [0.25, 0.3) is 0 Å². The van der Waals surface area contributed by atoms with E-state index in [1.54, 1.807) is 13.0 Å². The van der Waals surface area contributed by atoms with E-state index in [-0.39, 0.29) is 24.6 Å². The zero-order valence-corrected chi connectivity index (χ0v) is 14.5. The van der Waals surface area contributed by atoms with Gasteiger partial charge in [0.1, 0.15) is 11.2 Å². The van der Waals surface area contributed by atoms with Crippen molar-refractivity contribution < 1.29 is 27.5 Å². The molecule has 1 amide bonds. The number of carbonyl (C=O) groups is 2. The minimum Gasteiger partial charge on any atom is -0.466 e. The summed E-state index contributed by atoms with van der Waals surface area (Å²) in [7, 11) is 0. The van der Waals surface area contributed by atoms with Crippen molar-refractivity contribution in [3.63, 3.8) is 0 Å². The highest BCUT2D eigenvalue weighted by molar-refractivity contribution is 6.29. The van der Waals surface area contributed by atoms with Crippen molar-refractivity contribution in [1.82, 2.24) is 9.88 Å². The quantitative estimate of drug-likeness (QED) is 0.595. The topological polar surface area (TPSA) is 59.5 Å². The van der Waals surface area contributed by atoms with Gasteiger partial charge in [0.15, 0.2) is 0 Å². The van der Waals surface area contributed by atoms with E-state index in [4.69, 9.17) is 16.3 Å². The molecule has 2 heterocycles. The SMILES string of the molecule is CCOC(=O)C[C@@H]1[C@@H](c2ccc(Cl)nc2)CC(C(F)(F)F)N1C(C)=O. The highest BCUT2D eigenvalue weighted by Crippen LogP contribution is 2.45. The lowest BCUT2D eigenvalue weighted by Crippen LogP contribution is -2.48. The molecule has 0 N–H and O–H groups in total. The smallest absolute Gasteiger partial charge is 0.408 e. The van der Waals surface area contributed by atoms with Gasteiger partial charge in [0.25, 0.3) is 0 Å². The number of rotatable bonds is 4. The first kappa shape index (κ1) is 19.5. The summed E-state index contributed by atoms with van der Waals surface area (Å²) in [5.74, 6) is -2.07. The first-order valence-corrected chi connectivity index (χ1v) is 8.15. The number of nitrogens with zero attached hydrogens (tertiary/aromatic N) is 2. The zero-order valence-electron chi connectivity index (χ0n) is 13.7. The Morgan fingerprint density at radius 1 is 1.40 bits per heavy atom. The van der Waals surface area contributed by atoms with Gasteiger partial charge in [0.05, 0.1) is 13.0 Å². The Morgan fingerprint density at radius 3 is 2.56 bits per heavy atom. The summed E-state index contributed by atoms with van der Waals surface area (Å²) in [4.78, 5) is 28.4. The average molecular weight is 379 g/mol. The maximum absolute atomic E-state index is 13.4. The highest BCUT2D eigenvalue weighted by Gasteiger charge is 2.55. The molecule has 9 heteroatoms. The number of likely N-dealkylation sites (tertiary alicyclic amines) is 1. The van der Waals surface area contributed by atoms with E-state index >= 15 is 0 Å². The van der Waals surface area contributed by atoms with Gasteiger partial charge in [-0.25, -0.2) is 4.98 Å². The molecule has 25 heavy (non-hydrogen) atoms. The molecule has 1 aliphatic rings. The van der Waals surface area contributed by atoms with E-state index in [2.05, 4.69) is 4.98 Å². The fourth-order valence-corrected chi connectivity index (χ4v) is 3.39. The fourth-order valence-electron chi connectivity index (χ4n) is 3.28. The van der Waals surface area contributed by atoms with Crippen molar-refractivity contribution in [3.8, 4) is 0 Å². The molecule has 1 fully saturated rings. The molecule has 1 unspecified atom stereocenters. The molecule has 1 aromatic heterocycles. The number of pyridine rings is 1. The first-order chi connectivity index (χ1) is 11.6. The molecule has 3 atom stereocenters. The molecular formula is C16H18ClF3N2O3. The summed E-state index contributed by atoms with van der Waals surface area (Å²) in [5, 5.41) is 0.208. The normalized spacial score (nSPS) is 23.6. The van der Waals surface area contributed by atoms with Gasteiger partial charge in [0, 0.05) is 25.1 Å². The van der Waals surface area contributed by atoms with E-state index in [0.717, 1.165) is 11.8 Å². The predicted molar refractivity (Wildman–Crippen MR) is 84.0 cm³/mol. The minimum atomic E-state index is -4.59. The molecule has 0 aliphatic carbocycles. The number of hydrogen-bond acceptors (Lipinski definition) is 4. The fraction of sp³-hybridized carbons (Fsp3) is 0.562. The van der Waals surface area contributed by atoms with E-state index in [1.807, 2.05) is 0 Å². The molecule has 2 rings (SSSR count). The maximum Gasteiger partial charge on any atom is 0.408 e.